The zero-order chi connectivity index (χ0) is 15.9. The van der Waals surface area contributed by atoms with Crippen LogP contribution >= 0.6 is 0 Å². The molecule has 0 spiro atoms. The van der Waals surface area contributed by atoms with Gasteiger partial charge in [-0.05, 0) is 52.6 Å². The molecule has 0 aliphatic carbocycles. The van der Waals surface area contributed by atoms with E-state index < -0.39 is 0 Å². The summed E-state index contributed by atoms with van der Waals surface area (Å²) in [4.78, 5) is 15.2. The van der Waals surface area contributed by atoms with Crippen molar-refractivity contribution in [3.05, 3.63) is 35.4 Å². The predicted octanol–water partition coefficient (Wildman–Crippen LogP) is 3.51. The predicted molar refractivity (Wildman–Crippen MR) is 87.8 cm³/mol. The molecule has 2 fully saturated rings. The number of benzene rings is 1. The summed E-state index contributed by atoms with van der Waals surface area (Å²) in [5.74, 6) is 0.243. The lowest BCUT2D eigenvalue weighted by Gasteiger charge is -2.42. The van der Waals surface area contributed by atoms with E-state index in [1.807, 2.05) is 13.8 Å². The molecule has 120 valence electrons. The van der Waals surface area contributed by atoms with E-state index >= 15 is 0 Å². The largest absolute Gasteiger partial charge is 0.463 e. The van der Waals surface area contributed by atoms with Crippen LogP contribution in [0.5, 0.6) is 0 Å². The van der Waals surface area contributed by atoms with E-state index in [0.29, 0.717) is 18.0 Å². The molecular formula is C19H27NO2. The monoisotopic (exact) mass is 301 g/mol. The van der Waals surface area contributed by atoms with Gasteiger partial charge in [0.1, 0.15) is 0 Å². The Bertz CT molecular complexity index is 537. The molecule has 4 atom stereocenters. The van der Waals surface area contributed by atoms with Gasteiger partial charge in [-0.2, -0.15) is 0 Å². The molecule has 2 aliphatic heterocycles. The van der Waals surface area contributed by atoms with Crippen molar-refractivity contribution >= 4 is 5.97 Å². The van der Waals surface area contributed by atoms with Crippen LogP contribution in [-0.4, -0.2) is 36.1 Å². The highest BCUT2D eigenvalue weighted by molar-refractivity contribution is 5.75. The van der Waals surface area contributed by atoms with E-state index in [1.165, 1.54) is 17.5 Å². The van der Waals surface area contributed by atoms with E-state index in [1.54, 1.807) is 0 Å². The molecule has 3 rings (SSSR count). The first-order valence-corrected chi connectivity index (χ1v) is 8.46. The molecule has 0 N–H and O–H groups in total. The van der Waals surface area contributed by atoms with Crippen molar-refractivity contribution in [2.24, 2.45) is 5.92 Å². The fraction of sp³-hybridized carbons (Fsp3) is 0.632. The number of fused-ring (bicyclic) bond motifs is 2. The lowest BCUT2D eigenvalue weighted by molar-refractivity contribution is -0.157. The maximum Gasteiger partial charge on any atom is 0.311 e. The van der Waals surface area contributed by atoms with Crippen LogP contribution in [0.2, 0.25) is 0 Å². The molecule has 0 saturated carbocycles. The van der Waals surface area contributed by atoms with Crippen LogP contribution in [-0.2, 0) is 9.53 Å². The van der Waals surface area contributed by atoms with Gasteiger partial charge < -0.3 is 4.74 Å². The quantitative estimate of drug-likeness (QED) is 0.800. The smallest absolute Gasteiger partial charge is 0.311 e. The Hall–Kier alpha value is -1.35. The van der Waals surface area contributed by atoms with Crippen LogP contribution in [0, 0.1) is 12.8 Å². The van der Waals surface area contributed by atoms with Crippen LogP contribution in [0.1, 0.15) is 50.2 Å². The number of nitrogens with zero attached hydrogens (tertiary/aromatic N) is 1. The second-order valence-corrected chi connectivity index (χ2v) is 7.23. The van der Waals surface area contributed by atoms with Crippen molar-refractivity contribution in [2.75, 3.05) is 7.05 Å². The number of esters is 1. The van der Waals surface area contributed by atoms with Crippen LogP contribution in [0.4, 0.5) is 0 Å². The summed E-state index contributed by atoms with van der Waals surface area (Å²) >= 11 is 0. The van der Waals surface area contributed by atoms with E-state index in [2.05, 4.69) is 43.1 Å². The molecule has 3 nitrogen and oxygen atoms in total. The fourth-order valence-corrected chi connectivity index (χ4v) is 4.26. The van der Waals surface area contributed by atoms with Crippen molar-refractivity contribution in [1.29, 1.82) is 0 Å². The summed E-state index contributed by atoms with van der Waals surface area (Å²) in [6.07, 6.45) is 3.33. The number of hydrogen-bond acceptors (Lipinski definition) is 3. The first kappa shape index (κ1) is 15.5. The minimum absolute atomic E-state index is 0.0159. The summed E-state index contributed by atoms with van der Waals surface area (Å²) in [5.41, 5.74) is 2.56. The normalized spacial score (nSPS) is 31.5. The second-order valence-electron chi connectivity index (χ2n) is 7.23. The van der Waals surface area contributed by atoms with Gasteiger partial charge in [0, 0.05) is 18.0 Å². The van der Waals surface area contributed by atoms with E-state index in [-0.39, 0.29) is 18.0 Å². The molecule has 2 heterocycles. The average Bonchev–Trinajstić information content (AvgIpc) is 2.71. The van der Waals surface area contributed by atoms with E-state index in [4.69, 9.17) is 4.74 Å². The number of hydrogen-bond donors (Lipinski definition) is 0. The number of ether oxygens (including phenoxy) is 1. The van der Waals surface area contributed by atoms with Gasteiger partial charge >= 0.3 is 5.97 Å². The zero-order valence-electron chi connectivity index (χ0n) is 14.1. The minimum atomic E-state index is -0.0457. The van der Waals surface area contributed by atoms with Gasteiger partial charge in [-0.25, -0.2) is 0 Å². The second kappa shape index (κ2) is 6.04. The molecule has 2 aliphatic rings. The third kappa shape index (κ3) is 2.79. The first-order valence-electron chi connectivity index (χ1n) is 8.46. The van der Waals surface area contributed by atoms with Gasteiger partial charge in [-0.1, -0.05) is 29.8 Å². The number of piperidine rings is 1. The summed E-state index contributed by atoms with van der Waals surface area (Å²) in [6.45, 7) is 5.97. The van der Waals surface area contributed by atoms with Crippen molar-refractivity contribution in [1.82, 2.24) is 4.90 Å². The summed E-state index contributed by atoms with van der Waals surface area (Å²) in [7, 11) is 2.17. The molecule has 2 bridgehead atoms. The van der Waals surface area contributed by atoms with Gasteiger partial charge in [0.05, 0.1) is 12.0 Å². The number of carbonyl (C=O) groups excluding carboxylic acids is 1. The van der Waals surface area contributed by atoms with Crippen LogP contribution in [0.3, 0.4) is 0 Å². The van der Waals surface area contributed by atoms with Gasteiger partial charge in [-0.15, -0.1) is 0 Å². The van der Waals surface area contributed by atoms with Crippen molar-refractivity contribution in [2.45, 2.75) is 64.1 Å². The molecule has 1 aromatic carbocycles. The highest BCUT2D eigenvalue weighted by Gasteiger charge is 2.49. The van der Waals surface area contributed by atoms with Crippen LogP contribution in [0.25, 0.3) is 0 Å². The third-order valence-corrected chi connectivity index (χ3v) is 5.40. The molecular weight excluding hydrogens is 274 g/mol. The van der Waals surface area contributed by atoms with Crippen molar-refractivity contribution < 1.29 is 9.53 Å². The van der Waals surface area contributed by atoms with Crippen LogP contribution in [0.15, 0.2) is 24.3 Å². The maximum atomic E-state index is 12.7. The molecule has 0 aromatic heterocycles. The van der Waals surface area contributed by atoms with E-state index in [9.17, 15) is 4.79 Å². The highest BCUT2D eigenvalue weighted by Crippen LogP contribution is 2.46. The van der Waals surface area contributed by atoms with Gasteiger partial charge in [0.2, 0.25) is 0 Å². The summed E-state index contributed by atoms with van der Waals surface area (Å²) in [5, 5.41) is 0. The van der Waals surface area contributed by atoms with E-state index in [0.717, 1.165) is 12.8 Å². The van der Waals surface area contributed by atoms with Gasteiger partial charge in [-0.3, -0.25) is 9.69 Å². The number of rotatable bonds is 3. The Morgan fingerprint density at radius 3 is 2.55 bits per heavy atom. The lowest BCUT2D eigenvalue weighted by Crippen LogP contribution is -2.49. The maximum absolute atomic E-state index is 12.7. The molecule has 22 heavy (non-hydrogen) atoms. The summed E-state index contributed by atoms with van der Waals surface area (Å²) in [6, 6.07) is 9.64. The first-order chi connectivity index (χ1) is 10.5. The lowest BCUT2D eigenvalue weighted by atomic mass is 9.76. The number of aryl methyl sites for hydroxylation is 1. The average molecular weight is 301 g/mol. The molecule has 2 saturated heterocycles. The molecule has 3 unspecified atom stereocenters. The Morgan fingerprint density at radius 2 is 1.91 bits per heavy atom. The van der Waals surface area contributed by atoms with Gasteiger partial charge in [0.15, 0.2) is 0 Å². The SMILES string of the molecule is Cc1ccc([C@H]2CC3CCC(C2C(=O)OC(C)C)N3C)cc1. The minimum Gasteiger partial charge on any atom is -0.463 e. The van der Waals surface area contributed by atoms with Crippen LogP contribution < -0.4 is 0 Å². The standard InChI is InChI=1S/C19H27NO2/c1-12(2)22-19(21)18-16(14-7-5-13(3)6-8-14)11-15-9-10-17(18)20(15)4/h5-8,12,15-18H,9-11H2,1-4H3/t15?,16-,17?,18?/m1/s1. The van der Waals surface area contributed by atoms with Crippen molar-refractivity contribution in [3.63, 3.8) is 0 Å². The Labute approximate surface area is 133 Å². The molecule has 1 aromatic rings. The molecule has 0 amide bonds. The van der Waals surface area contributed by atoms with Crippen molar-refractivity contribution in [3.8, 4) is 0 Å². The molecule has 0 radical (unpaired) electrons. The Balaban J connectivity index is 1.91. The molecule has 3 heteroatoms. The third-order valence-electron chi connectivity index (χ3n) is 5.40. The topological polar surface area (TPSA) is 29.5 Å². The fourth-order valence-electron chi connectivity index (χ4n) is 4.26. The number of carbonyl (C=O) groups is 1. The Kier molecular flexibility index (Phi) is 4.26. The Morgan fingerprint density at radius 1 is 1.23 bits per heavy atom. The highest BCUT2D eigenvalue weighted by atomic mass is 16.5. The zero-order valence-corrected chi connectivity index (χ0v) is 14.1. The summed E-state index contributed by atoms with van der Waals surface area (Å²) < 4.78 is 5.60. The van der Waals surface area contributed by atoms with Gasteiger partial charge in [0.25, 0.3) is 0 Å².